The Morgan fingerprint density at radius 1 is 1.40 bits per heavy atom. The average Bonchev–Trinajstić information content (AvgIpc) is 3.07. The Labute approximate surface area is 119 Å². The van der Waals surface area contributed by atoms with Gasteiger partial charge in [0.2, 0.25) is 5.91 Å². The van der Waals surface area contributed by atoms with E-state index < -0.39 is 5.54 Å². The molecule has 5 heteroatoms. The van der Waals surface area contributed by atoms with Gasteiger partial charge in [-0.15, -0.1) is 0 Å². The van der Waals surface area contributed by atoms with Gasteiger partial charge in [-0.3, -0.25) is 4.79 Å². The van der Waals surface area contributed by atoms with Crippen molar-refractivity contribution in [2.45, 2.75) is 63.5 Å². The zero-order valence-corrected chi connectivity index (χ0v) is 12.1. The van der Waals surface area contributed by atoms with Gasteiger partial charge in [0.15, 0.2) is 5.76 Å². The lowest BCUT2D eigenvalue weighted by Crippen LogP contribution is -2.56. The maximum absolute atomic E-state index is 12.9. The van der Waals surface area contributed by atoms with Crippen LogP contribution in [0, 0.1) is 6.92 Å². The largest absolute Gasteiger partial charge is 0.359 e. The predicted molar refractivity (Wildman–Crippen MR) is 74.9 cm³/mol. The molecule has 1 saturated heterocycles. The summed E-state index contributed by atoms with van der Waals surface area (Å²) in [6.07, 6.45) is 6.87. The molecule has 20 heavy (non-hydrogen) atoms. The van der Waals surface area contributed by atoms with E-state index in [2.05, 4.69) is 5.16 Å². The molecule has 1 amide bonds. The second-order valence-corrected chi connectivity index (χ2v) is 6.24. The Balaban J connectivity index is 1.79. The highest BCUT2D eigenvalue weighted by atomic mass is 16.5. The van der Waals surface area contributed by atoms with Crippen LogP contribution in [0.25, 0.3) is 0 Å². The maximum Gasteiger partial charge on any atom is 0.243 e. The third-order valence-corrected chi connectivity index (χ3v) is 4.66. The number of rotatable bonds is 2. The normalized spacial score (nSPS) is 25.9. The first kappa shape index (κ1) is 13.6. The molecular weight excluding hydrogens is 254 g/mol. The summed E-state index contributed by atoms with van der Waals surface area (Å²) in [5.41, 5.74) is 6.59. The standard InChI is InChI=1S/C15H23N3O2/c1-11-10-13(20-17-11)12-6-5-9-18(12)14(19)15(16)7-3-2-4-8-15/h10,12H,2-9,16H2,1H3. The zero-order chi connectivity index (χ0) is 14.2. The Morgan fingerprint density at radius 2 is 2.15 bits per heavy atom. The molecule has 2 N–H and O–H groups in total. The zero-order valence-electron chi connectivity index (χ0n) is 12.1. The number of aromatic nitrogens is 1. The van der Waals surface area contributed by atoms with E-state index in [1.54, 1.807) is 0 Å². The molecule has 2 fully saturated rings. The fraction of sp³-hybridized carbons (Fsp3) is 0.733. The topological polar surface area (TPSA) is 72.4 Å². The third-order valence-electron chi connectivity index (χ3n) is 4.66. The van der Waals surface area contributed by atoms with E-state index in [9.17, 15) is 4.79 Å². The van der Waals surface area contributed by atoms with Crippen LogP contribution in [-0.2, 0) is 4.79 Å². The third kappa shape index (κ3) is 2.35. The first-order valence-corrected chi connectivity index (χ1v) is 7.63. The van der Waals surface area contributed by atoms with E-state index >= 15 is 0 Å². The van der Waals surface area contributed by atoms with Crippen LogP contribution in [0.2, 0.25) is 0 Å². The lowest BCUT2D eigenvalue weighted by molar-refractivity contribution is -0.139. The number of carbonyl (C=O) groups excluding carboxylic acids is 1. The van der Waals surface area contributed by atoms with Gasteiger partial charge in [0.05, 0.1) is 17.3 Å². The monoisotopic (exact) mass is 277 g/mol. The summed E-state index contributed by atoms with van der Waals surface area (Å²) in [5, 5.41) is 3.94. The second kappa shape index (κ2) is 5.20. The van der Waals surface area contributed by atoms with Gasteiger partial charge in [-0.25, -0.2) is 0 Å². The molecule has 0 aromatic carbocycles. The van der Waals surface area contributed by atoms with Gasteiger partial charge in [0.25, 0.3) is 0 Å². The summed E-state index contributed by atoms with van der Waals surface area (Å²) >= 11 is 0. The van der Waals surface area contributed by atoms with Gasteiger partial charge in [0, 0.05) is 12.6 Å². The quantitative estimate of drug-likeness (QED) is 0.900. The van der Waals surface area contributed by atoms with Crippen molar-refractivity contribution >= 4 is 5.91 Å². The van der Waals surface area contributed by atoms with Crippen LogP contribution in [-0.4, -0.2) is 28.0 Å². The highest BCUT2D eigenvalue weighted by Gasteiger charge is 2.43. The average molecular weight is 277 g/mol. The van der Waals surface area contributed by atoms with E-state index in [0.29, 0.717) is 0 Å². The van der Waals surface area contributed by atoms with Gasteiger partial charge in [0.1, 0.15) is 0 Å². The Morgan fingerprint density at radius 3 is 2.80 bits per heavy atom. The van der Waals surface area contributed by atoms with E-state index in [4.69, 9.17) is 10.3 Å². The van der Waals surface area contributed by atoms with Gasteiger partial charge in [-0.1, -0.05) is 24.4 Å². The minimum atomic E-state index is -0.657. The number of nitrogens with zero attached hydrogens (tertiary/aromatic N) is 2. The molecule has 5 nitrogen and oxygen atoms in total. The fourth-order valence-electron chi connectivity index (χ4n) is 3.53. The minimum absolute atomic E-state index is 0.0195. The molecule has 1 aliphatic carbocycles. The first-order chi connectivity index (χ1) is 9.60. The smallest absolute Gasteiger partial charge is 0.243 e. The lowest BCUT2D eigenvalue weighted by Gasteiger charge is -2.37. The van der Waals surface area contributed by atoms with Crippen LogP contribution in [0.15, 0.2) is 10.6 Å². The van der Waals surface area contributed by atoms with E-state index in [1.807, 2.05) is 17.9 Å². The summed E-state index contributed by atoms with van der Waals surface area (Å²) in [6, 6.07) is 1.95. The van der Waals surface area contributed by atoms with Crippen molar-refractivity contribution in [1.29, 1.82) is 0 Å². The molecule has 2 aliphatic rings. The molecule has 1 atom stereocenters. The number of amides is 1. The second-order valence-electron chi connectivity index (χ2n) is 6.24. The molecule has 1 aromatic heterocycles. The summed E-state index contributed by atoms with van der Waals surface area (Å²) in [5.74, 6) is 0.904. The number of likely N-dealkylation sites (tertiary alicyclic amines) is 1. The molecule has 3 rings (SSSR count). The van der Waals surface area contributed by atoms with Crippen molar-refractivity contribution < 1.29 is 9.32 Å². The molecule has 110 valence electrons. The molecular formula is C15H23N3O2. The van der Waals surface area contributed by atoms with E-state index in [1.165, 1.54) is 6.42 Å². The van der Waals surface area contributed by atoms with Crippen LogP contribution in [0.4, 0.5) is 0 Å². The van der Waals surface area contributed by atoms with Crippen molar-refractivity contribution in [3.05, 3.63) is 17.5 Å². The number of nitrogens with two attached hydrogens (primary N) is 1. The van der Waals surface area contributed by atoms with Gasteiger partial charge < -0.3 is 15.2 Å². The summed E-state index contributed by atoms with van der Waals surface area (Å²) in [6.45, 7) is 2.68. The molecule has 0 bridgehead atoms. The Kier molecular flexibility index (Phi) is 3.54. The van der Waals surface area contributed by atoms with E-state index in [0.717, 1.165) is 56.5 Å². The van der Waals surface area contributed by atoms with Crippen molar-refractivity contribution in [2.24, 2.45) is 5.73 Å². The molecule has 0 spiro atoms. The molecule has 2 heterocycles. The van der Waals surface area contributed by atoms with Crippen LogP contribution in [0.5, 0.6) is 0 Å². The van der Waals surface area contributed by atoms with Crippen LogP contribution < -0.4 is 5.73 Å². The predicted octanol–water partition coefficient (Wildman–Crippen LogP) is 2.31. The number of aryl methyl sites for hydroxylation is 1. The lowest BCUT2D eigenvalue weighted by atomic mass is 9.81. The highest BCUT2D eigenvalue weighted by Crippen LogP contribution is 2.36. The first-order valence-electron chi connectivity index (χ1n) is 7.63. The van der Waals surface area contributed by atoms with Crippen molar-refractivity contribution in [3.63, 3.8) is 0 Å². The number of hydrogen-bond acceptors (Lipinski definition) is 4. The molecule has 1 aromatic rings. The SMILES string of the molecule is Cc1cc(C2CCCN2C(=O)C2(N)CCCCC2)on1. The molecule has 0 radical (unpaired) electrons. The Bertz CT molecular complexity index is 491. The molecule has 1 unspecified atom stereocenters. The highest BCUT2D eigenvalue weighted by molar-refractivity contribution is 5.86. The van der Waals surface area contributed by atoms with Crippen LogP contribution in [0.1, 0.15) is 62.4 Å². The Hall–Kier alpha value is -1.36. The van der Waals surface area contributed by atoms with Gasteiger partial charge in [-0.05, 0) is 32.6 Å². The summed E-state index contributed by atoms with van der Waals surface area (Å²) < 4.78 is 5.36. The summed E-state index contributed by atoms with van der Waals surface area (Å²) in [4.78, 5) is 14.8. The van der Waals surface area contributed by atoms with Crippen LogP contribution in [0.3, 0.4) is 0 Å². The maximum atomic E-state index is 12.9. The molecule has 1 saturated carbocycles. The van der Waals surface area contributed by atoms with Crippen molar-refractivity contribution in [2.75, 3.05) is 6.54 Å². The summed E-state index contributed by atoms with van der Waals surface area (Å²) in [7, 11) is 0. The van der Waals surface area contributed by atoms with Gasteiger partial charge in [-0.2, -0.15) is 0 Å². The van der Waals surface area contributed by atoms with Crippen molar-refractivity contribution in [3.8, 4) is 0 Å². The van der Waals surface area contributed by atoms with Crippen molar-refractivity contribution in [1.82, 2.24) is 10.1 Å². The minimum Gasteiger partial charge on any atom is -0.359 e. The molecule has 1 aliphatic heterocycles. The number of hydrogen-bond donors (Lipinski definition) is 1. The van der Waals surface area contributed by atoms with Gasteiger partial charge >= 0.3 is 0 Å². The van der Waals surface area contributed by atoms with E-state index in [-0.39, 0.29) is 11.9 Å². The number of carbonyl (C=O) groups is 1. The van der Waals surface area contributed by atoms with Crippen LogP contribution >= 0.6 is 0 Å². The fourth-order valence-corrected chi connectivity index (χ4v) is 3.53.